The Bertz CT molecular complexity index is 819. The molecule has 2 atom stereocenters. The van der Waals surface area contributed by atoms with Crippen molar-refractivity contribution >= 4 is 23.8 Å². The van der Waals surface area contributed by atoms with Crippen molar-refractivity contribution in [3.63, 3.8) is 0 Å². The lowest BCUT2D eigenvalue weighted by Crippen LogP contribution is -2.41. The van der Waals surface area contributed by atoms with E-state index in [4.69, 9.17) is 0 Å². The van der Waals surface area contributed by atoms with Gasteiger partial charge >= 0.3 is 12.0 Å². The van der Waals surface area contributed by atoms with Crippen LogP contribution >= 0.6 is 0 Å². The Kier molecular flexibility index (Phi) is 4.45. The number of urea groups is 1. The first-order valence-corrected chi connectivity index (χ1v) is 8.87. The van der Waals surface area contributed by atoms with Gasteiger partial charge in [-0.25, -0.2) is 4.79 Å². The van der Waals surface area contributed by atoms with Crippen molar-refractivity contribution in [2.75, 3.05) is 13.1 Å². The highest BCUT2D eigenvalue weighted by Gasteiger charge is 2.48. The number of carbonyl (C=O) groups excluding carboxylic acids is 3. The Morgan fingerprint density at radius 1 is 1.19 bits per heavy atom. The summed E-state index contributed by atoms with van der Waals surface area (Å²) < 4.78 is 0. The average Bonchev–Trinajstić information content (AvgIpc) is 3.17. The van der Waals surface area contributed by atoms with Crippen molar-refractivity contribution in [1.82, 2.24) is 15.5 Å². The minimum absolute atomic E-state index is 0.0837. The Morgan fingerprint density at radius 2 is 1.81 bits per heavy atom. The van der Waals surface area contributed by atoms with Crippen LogP contribution in [0.15, 0.2) is 24.3 Å². The van der Waals surface area contributed by atoms with Gasteiger partial charge < -0.3 is 15.3 Å². The summed E-state index contributed by atoms with van der Waals surface area (Å²) in [5, 5.41) is 14.4. The molecule has 2 aliphatic heterocycles. The van der Waals surface area contributed by atoms with E-state index in [1.807, 2.05) is 13.8 Å². The molecule has 2 fully saturated rings. The van der Waals surface area contributed by atoms with Gasteiger partial charge in [0.1, 0.15) is 5.54 Å². The van der Waals surface area contributed by atoms with Gasteiger partial charge in [0.25, 0.3) is 11.8 Å². The monoisotopic (exact) mass is 373 g/mol. The van der Waals surface area contributed by atoms with Gasteiger partial charge in [0.2, 0.25) is 0 Å². The van der Waals surface area contributed by atoms with Crippen LogP contribution in [0.2, 0.25) is 0 Å². The molecule has 0 saturated carbocycles. The molecule has 0 spiro atoms. The predicted molar refractivity (Wildman–Crippen MR) is 95.9 cm³/mol. The second-order valence-corrected chi connectivity index (χ2v) is 7.70. The van der Waals surface area contributed by atoms with Crippen molar-refractivity contribution in [1.29, 1.82) is 0 Å². The van der Waals surface area contributed by atoms with Gasteiger partial charge in [-0.1, -0.05) is 26.0 Å². The lowest BCUT2D eigenvalue weighted by Gasteiger charge is -2.28. The molecular formula is C19H23N3O5. The molecule has 3 N–H and O–H groups in total. The van der Waals surface area contributed by atoms with Crippen molar-refractivity contribution in [2.24, 2.45) is 11.3 Å². The molecule has 2 heterocycles. The molecular weight excluding hydrogens is 350 g/mol. The highest BCUT2D eigenvalue weighted by Crippen LogP contribution is 2.38. The SMILES string of the molecule is CC(C)C1(C(=O)O)CCN(C(=O)c2ccc(C3(C)NC(=O)NC3=O)cc2)C1. The molecule has 0 aromatic heterocycles. The summed E-state index contributed by atoms with van der Waals surface area (Å²) in [6.07, 6.45) is 0.425. The van der Waals surface area contributed by atoms with Crippen LogP contribution in [0.3, 0.4) is 0 Å². The van der Waals surface area contributed by atoms with E-state index in [9.17, 15) is 24.3 Å². The molecule has 27 heavy (non-hydrogen) atoms. The van der Waals surface area contributed by atoms with Crippen molar-refractivity contribution in [3.05, 3.63) is 35.4 Å². The lowest BCUT2D eigenvalue weighted by molar-refractivity contribution is -0.150. The van der Waals surface area contributed by atoms with E-state index in [1.54, 1.807) is 36.1 Å². The lowest BCUT2D eigenvalue weighted by atomic mass is 9.76. The van der Waals surface area contributed by atoms with Gasteiger partial charge in [-0.3, -0.25) is 19.7 Å². The minimum atomic E-state index is -1.18. The molecule has 4 amide bonds. The highest BCUT2D eigenvalue weighted by molar-refractivity contribution is 6.07. The van der Waals surface area contributed by atoms with E-state index in [0.717, 1.165) is 0 Å². The molecule has 0 radical (unpaired) electrons. The van der Waals surface area contributed by atoms with Crippen LogP contribution in [0, 0.1) is 11.3 Å². The topological polar surface area (TPSA) is 116 Å². The number of nitrogens with zero attached hydrogens (tertiary/aromatic N) is 1. The van der Waals surface area contributed by atoms with Crippen LogP contribution in [-0.2, 0) is 15.1 Å². The summed E-state index contributed by atoms with van der Waals surface area (Å²) >= 11 is 0. The van der Waals surface area contributed by atoms with E-state index in [0.29, 0.717) is 24.1 Å². The minimum Gasteiger partial charge on any atom is -0.481 e. The van der Waals surface area contributed by atoms with Crippen LogP contribution in [0.4, 0.5) is 4.79 Å². The molecule has 0 aliphatic carbocycles. The fraction of sp³-hybridized carbons (Fsp3) is 0.474. The van der Waals surface area contributed by atoms with E-state index in [1.165, 1.54) is 0 Å². The van der Waals surface area contributed by atoms with Gasteiger partial charge in [0, 0.05) is 18.7 Å². The quantitative estimate of drug-likeness (QED) is 0.688. The molecule has 2 saturated heterocycles. The number of amides is 4. The standard InChI is InChI=1S/C19H23N3O5/c1-11(2)19(16(25)26)8-9-22(10-19)14(23)12-4-6-13(7-5-12)18(3)15(24)20-17(27)21-18/h4-7,11H,8-10H2,1-3H3,(H,25,26)(H2,20,21,24,27). The Balaban J connectivity index is 1.78. The number of carboxylic acid groups (broad SMARTS) is 1. The van der Waals surface area contributed by atoms with Gasteiger partial charge in [-0.05, 0) is 37.0 Å². The smallest absolute Gasteiger partial charge is 0.322 e. The van der Waals surface area contributed by atoms with Gasteiger partial charge in [0.05, 0.1) is 5.41 Å². The third-order valence-electron chi connectivity index (χ3n) is 5.87. The molecule has 1 aromatic carbocycles. The van der Waals surface area contributed by atoms with E-state index in [-0.39, 0.29) is 18.4 Å². The summed E-state index contributed by atoms with van der Waals surface area (Å²) in [6, 6.07) is 5.88. The van der Waals surface area contributed by atoms with Gasteiger partial charge in [0.15, 0.2) is 0 Å². The fourth-order valence-electron chi connectivity index (χ4n) is 3.77. The van der Waals surface area contributed by atoms with E-state index >= 15 is 0 Å². The number of imide groups is 1. The number of hydrogen-bond donors (Lipinski definition) is 3. The van der Waals surface area contributed by atoms with E-state index in [2.05, 4.69) is 10.6 Å². The van der Waals surface area contributed by atoms with Crippen LogP contribution in [0.25, 0.3) is 0 Å². The first-order valence-electron chi connectivity index (χ1n) is 8.87. The summed E-state index contributed by atoms with van der Waals surface area (Å²) in [5.41, 5.74) is -1.12. The number of hydrogen-bond acceptors (Lipinski definition) is 4. The predicted octanol–water partition coefficient (Wildman–Crippen LogP) is 1.31. The van der Waals surface area contributed by atoms with E-state index < -0.39 is 28.9 Å². The molecule has 0 bridgehead atoms. The summed E-state index contributed by atoms with van der Waals surface area (Å²) in [5.74, 6) is -1.65. The number of rotatable bonds is 4. The number of likely N-dealkylation sites (tertiary alicyclic amines) is 1. The molecule has 2 aliphatic rings. The second-order valence-electron chi connectivity index (χ2n) is 7.70. The summed E-state index contributed by atoms with van der Waals surface area (Å²) in [4.78, 5) is 49.5. The molecule has 3 rings (SSSR count). The zero-order valence-electron chi connectivity index (χ0n) is 15.5. The zero-order chi connectivity index (χ0) is 20.0. The van der Waals surface area contributed by atoms with Crippen LogP contribution in [-0.4, -0.2) is 46.9 Å². The molecule has 2 unspecified atom stereocenters. The number of carbonyl (C=O) groups is 4. The van der Waals surface area contributed by atoms with Crippen molar-refractivity contribution < 1.29 is 24.3 Å². The second kappa shape index (κ2) is 6.37. The Morgan fingerprint density at radius 3 is 2.26 bits per heavy atom. The fourth-order valence-corrected chi connectivity index (χ4v) is 3.77. The van der Waals surface area contributed by atoms with Gasteiger partial charge in [-0.15, -0.1) is 0 Å². The van der Waals surface area contributed by atoms with Gasteiger partial charge in [-0.2, -0.15) is 0 Å². The maximum Gasteiger partial charge on any atom is 0.322 e. The molecule has 8 heteroatoms. The summed E-state index contributed by atoms with van der Waals surface area (Å²) in [6.45, 7) is 5.88. The van der Waals surface area contributed by atoms with Crippen LogP contribution in [0.1, 0.15) is 43.1 Å². The largest absolute Gasteiger partial charge is 0.481 e. The number of nitrogens with one attached hydrogen (secondary N) is 2. The third kappa shape index (κ3) is 2.94. The average molecular weight is 373 g/mol. The molecule has 1 aromatic rings. The van der Waals surface area contributed by atoms with Crippen LogP contribution < -0.4 is 10.6 Å². The Hall–Kier alpha value is -2.90. The number of aliphatic carboxylic acids is 1. The molecule has 144 valence electrons. The Labute approximate surface area is 156 Å². The number of benzene rings is 1. The zero-order valence-corrected chi connectivity index (χ0v) is 15.5. The van der Waals surface area contributed by atoms with Crippen molar-refractivity contribution in [2.45, 2.75) is 32.7 Å². The first-order chi connectivity index (χ1) is 12.6. The first kappa shape index (κ1) is 18.9. The van der Waals surface area contributed by atoms with Crippen molar-refractivity contribution in [3.8, 4) is 0 Å². The molecule has 8 nitrogen and oxygen atoms in total. The third-order valence-corrected chi connectivity index (χ3v) is 5.87. The maximum atomic E-state index is 12.8. The normalized spacial score (nSPS) is 27.6. The number of carboxylic acids is 1. The van der Waals surface area contributed by atoms with Crippen LogP contribution in [0.5, 0.6) is 0 Å². The summed E-state index contributed by atoms with van der Waals surface area (Å²) in [7, 11) is 0. The highest BCUT2D eigenvalue weighted by atomic mass is 16.4. The maximum absolute atomic E-state index is 12.8.